The molecule has 0 saturated heterocycles. The van der Waals surface area contributed by atoms with E-state index in [1.165, 1.54) is 0 Å². The molecule has 0 aliphatic carbocycles. The van der Waals surface area contributed by atoms with Crippen LogP contribution < -0.4 is 0 Å². The van der Waals surface area contributed by atoms with Crippen LogP contribution in [0.5, 0.6) is 0 Å². The average molecular weight is 276 g/mol. The van der Waals surface area contributed by atoms with E-state index in [4.69, 9.17) is 8.23 Å². The van der Waals surface area contributed by atoms with Crippen LogP contribution in [-0.2, 0) is 8.23 Å². The van der Waals surface area contributed by atoms with Gasteiger partial charge in [-0.3, -0.25) is 0 Å². The van der Waals surface area contributed by atoms with Crippen molar-refractivity contribution >= 4 is 27.4 Å². The van der Waals surface area contributed by atoms with Crippen LogP contribution in [0.1, 0.15) is 6.92 Å². The van der Waals surface area contributed by atoms with E-state index < -0.39 is 39.1 Å². The molecule has 0 rings (SSSR count). The zero-order valence-corrected chi connectivity index (χ0v) is 13.2. The monoisotopic (exact) mass is 276 g/mol. The van der Waals surface area contributed by atoms with Gasteiger partial charge >= 0.3 is 14.8 Å². The molecule has 0 fully saturated rings. The van der Waals surface area contributed by atoms with Crippen LogP contribution >= 0.6 is 0 Å². The van der Waals surface area contributed by atoms with Crippen molar-refractivity contribution in [3.05, 3.63) is 0 Å². The zero-order valence-electron chi connectivity index (χ0n) is 9.76. The highest BCUT2D eigenvalue weighted by molar-refractivity contribution is 6.68. The Hall–Kier alpha value is 0.361. The molecule has 0 amide bonds. The molecule has 0 aromatic heterocycles. The second kappa shape index (κ2) is 6.18. The van der Waals surface area contributed by atoms with Crippen molar-refractivity contribution < 1.29 is 21.4 Å². The molecule has 2 nitrogen and oxygen atoms in total. The van der Waals surface area contributed by atoms with Gasteiger partial charge in [0.15, 0.2) is 24.3 Å². The second-order valence-electron chi connectivity index (χ2n) is 3.99. The maximum Gasteiger partial charge on any atom is 0.381 e. The van der Waals surface area contributed by atoms with E-state index in [0.29, 0.717) is 0 Å². The van der Waals surface area contributed by atoms with Crippen LogP contribution in [0.25, 0.3) is 0 Å². The molecule has 0 saturated carbocycles. The molecule has 8 heteroatoms. The first-order chi connectivity index (χ1) is 6.67. The van der Waals surface area contributed by atoms with E-state index in [9.17, 15) is 13.2 Å². The Morgan fingerprint density at radius 2 is 1.33 bits per heavy atom. The van der Waals surface area contributed by atoms with Crippen LogP contribution in [-0.4, -0.2) is 39.1 Å². The number of hydrogen-bond acceptors (Lipinski definition) is 2. The third kappa shape index (κ3) is 5.29. The Balaban J connectivity index is 4.60. The minimum atomic E-state index is -3.42. The minimum Gasteiger partial charge on any atom is -0.438 e. The van der Waals surface area contributed by atoms with Crippen molar-refractivity contribution in [1.29, 1.82) is 0 Å². The Morgan fingerprint density at radius 3 is 1.53 bits per heavy atom. The maximum atomic E-state index is 13.4. The van der Waals surface area contributed by atoms with Crippen LogP contribution in [0, 0.1) is 0 Å². The first-order valence-corrected chi connectivity index (χ1v) is 12.1. The van der Waals surface area contributed by atoms with Gasteiger partial charge in [0.05, 0.1) is 0 Å². The van der Waals surface area contributed by atoms with Crippen molar-refractivity contribution in [3.8, 4) is 0 Å². The molecule has 0 aliphatic heterocycles. The quantitative estimate of drug-likeness (QED) is 0.688. The van der Waals surface area contributed by atoms with Gasteiger partial charge in [-0.05, 0) is 33.1 Å². The summed E-state index contributed by atoms with van der Waals surface area (Å²) in [6.45, 7) is 7.99. The van der Waals surface area contributed by atoms with Crippen molar-refractivity contribution in [1.82, 2.24) is 0 Å². The van der Waals surface area contributed by atoms with E-state index in [1.54, 1.807) is 26.2 Å². The topological polar surface area (TPSA) is 18.5 Å². The number of hydrogen-bond donors (Lipinski definition) is 0. The fourth-order valence-corrected chi connectivity index (χ4v) is 7.51. The predicted octanol–water partition coefficient (Wildman–Crippen LogP) is 1.74. The first-order valence-electron chi connectivity index (χ1n) is 5.00. The molecule has 1 atom stereocenters. The maximum absolute atomic E-state index is 13.4. The second-order valence-corrected chi connectivity index (χ2v) is 11.8. The van der Waals surface area contributed by atoms with Gasteiger partial charge in [0, 0.05) is 0 Å². The number of alkyl halides is 3. The van der Waals surface area contributed by atoms with Gasteiger partial charge in [0.2, 0.25) is 0 Å². The van der Waals surface area contributed by atoms with Gasteiger partial charge < -0.3 is 8.23 Å². The minimum absolute atomic E-state index is 0.858. The highest BCUT2D eigenvalue weighted by atomic mass is 28.4. The smallest absolute Gasteiger partial charge is 0.381 e. The SMILES string of the molecule is CC(F)C(F)(F)[SiH](O[SiH](C)C)O[SiH](C)C. The van der Waals surface area contributed by atoms with Gasteiger partial charge in [0.25, 0.3) is 0 Å². The fourth-order valence-electron chi connectivity index (χ4n) is 0.895. The third-order valence-corrected chi connectivity index (χ3v) is 9.06. The fraction of sp³-hybridized carbons (Fsp3) is 1.00. The third-order valence-electron chi connectivity index (χ3n) is 1.64. The summed E-state index contributed by atoms with van der Waals surface area (Å²) in [6, 6.07) is 0. The Kier molecular flexibility index (Phi) is 6.33. The molecule has 0 spiro atoms. The molecule has 0 aromatic carbocycles. The molecule has 0 aromatic rings. The van der Waals surface area contributed by atoms with E-state index in [1.807, 2.05) is 0 Å². The zero-order chi connectivity index (χ0) is 12.2. The molecule has 0 N–H and O–H groups in total. The predicted molar refractivity (Wildman–Crippen MR) is 62.6 cm³/mol. The molecular formula is C7H19F3O2Si3. The van der Waals surface area contributed by atoms with E-state index >= 15 is 0 Å². The van der Waals surface area contributed by atoms with Gasteiger partial charge in [-0.25, -0.2) is 13.2 Å². The van der Waals surface area contributed by atoms with Crippen LogP contribution in [0.4, 0.5) is 13.2 Å². The van der Waals surface area contributed by atoms with Crippen LogP contribution in [0.3, 0.4) is 0 Å². The van der Waals surface area contributed by atoms with Crippen molar-refractivity contribution in [2.75, 3.05) is 0 Å². The summed E-state index contributed by atoms with van der Waals surface area (Å²) in [6.07, 6.45) is -2.20. The van der Waals surface area contributed by atoms with Crippen LogP contribution in [0.15, 0.2) is 0 Å². The van der Waals surface area contributed by atoms with Gasteiger partial charge in [-0.2, -0.15) is 0 Å². The standard InChI is InChI=1S/C7H19F3O2Si3/c1-6(8)7(9,10)15(11-13(2)3)12-14(4)5/h6,13-15H,1-5H3. The Morgan fingerprint density at radius 1 is 1.00 bits per heavy atom. The molecule has 0 heterocycles. The lowest BCUT2D eigenvalue weighted by atomic mass is 10.5. The molecule has 0 radical (unpaired) electrons. The molecule has 0 bridgehead atoms. The number of halogens is 3. The Bertz CT molecular complexity index is 180. The van der Waals surface area contributed by atoms with Gasteiger partial charge in [-0.1, -0.05) is 0 Å². The summed E-state index contributed by atoms with van der Waals surface area (Å²) in [5.74, 6) is 0. The van der Waals surface area contributed by atoms with E-state index in [0.717, 1.165) is 6.92 Å². The van der Waals surface area contributed by atoms with Crippen molar-refractivity contribution in [2.45, 2.75) is 44.8 Å². The molecule has 0 aliphatic rings. The molecule has 15 heavy (non-hydrogen) atoms. The van der Waals surface area contributed by atoms with Gasteiger partial charge in [-0.15, -0.1) is 0 Å². The highest BCUT2D eigenvalue weighted by Crippen LogP contribution is 2.26. The summed E-state index contributed by atoms with van der Waals surface area (Å²) in [4.78, 5) is 0. The Labute approximate surface area is 94.1 Å². The summed E-state index contributed by atoms with van der Waals surface area (Å²) >= 11 is 0. The van der Waals surface area contributed by atoms with E-state index in [2.05, 4.69) is 0 Å². The lowest BCUT2D eigenvalue weighted by Gasteiger charge is -2.29. The summed E-state index contributed by atoms with van der Waals surface area (Å²) in [7, 11) is -6.43. The summed E-state index contributed by atoms with van der Waals surface area (Å²) in [5, 5.41) is 0. The summed E-state index contributed by atoms with van der Waals surface area (Å²) in [5.41, 5.74) is -3.42. The number of rotatable bonds is 6. The van der Waals surface area contributed by atoms with Crippen molar-refractivity contribution in [3.63, 3.8) is 0 Å². The average Bonchev–Trinajstić information content (AvgIpc) is 2.00. The first kappa shape index (κ1) is 15.4. The largest absolute Gasteiger partial charge is 0.438 e. The van der Waals surface area contributed by atoms with Gasteiger partial charge in [0.1, 0.15) is 0 Å². The van der Waals surface area contributed by atoms with Crippen molar-refractivity contribution in [2.24, 2.45) is 0 Å². The van der Waals surface area contributed by atoms with E-state index in [-0.39, 0.29) is 0 Å². The molecule has 92 valence electrons. The highest BCUT2D eigenvalue weighted by Gasteiger charge is 2.50. The van der Waals surface area contributed by atoms with Crippen LogP contribution in [0.2, 0.25) is 26.2 Å². The lowest BCUT2D eigenvalue weighted by molar-refractivity contribution is -0.0147. The lowest BCUT2D eigenvalue weighted by Crippen LogP contribution is -2.52. The molecular weight excluding hydrogens is 257 g/mol. The normalized spacial score (nSPS) is 15.4. The summed E-state index contributed by atoms with van der Waals surface area (Å²) < 4.78 is 50.0. The molecule has 1 unspecified atom stereocenters.